The van der Waals surface area contributed by atoms with Gasteiger partial charge in [0.1, 0.15) is 17.3 Å². The first-order valence-electron chi connectivity index (χ1n) is 7.64. The first-order chi connectivity index (χ1) is 12.5. The molecule has 7 nitrogen and oxygen atoms in total. The minimum atomic E-state index is -0.538. The van der Waals surface area contributed by atoms with E-state index in [1.165, 1.54) is 19.2 Å². The van der Waals surface area contributed by atoms with Crippen LogP contribution in [0.25, 0.3) is 11.8 Å². The van der Waals surface area contributed by atoms with Gasteiger partial charge in [-0.25, -0.2) is 4.79 Å². The smallest absolute Gasteiger partial charge is 0.343 e. The summed E-state index contributed by atoms with van der Waals surface area (Å²) in [4.78, 5) is 22.5. The maximum absolute atomic E-state index is 12.2. The number of methoxy groups -OCH3 is 2. The molecule has 0 fully saturated rings. The van der Waals surface area contributed by atoms with Gasteiger partial charge in [0.2, 0.25) is 0 Å². The van der Waals surface area contributed by atoms with E-state index in [1.54, 1.807) is 49.6 Å². The van der Waals surface area contributed by atoms with Crippen molar-refractivity contribution in [2.24, 2.45) is 0 Å². The molecule has 2 aromatic carbocycles. The molecule has 0 atom stereocenters. The largest absolute Gasteiger partial charge is 0.497 e. The van der Waals surface area contributed by atoms with Gasteiger partial charge in [-0.15, -0.1) is 0 Å². The number of nitro groups is 1. The topological polar surface area (TPSA) is 87.9 Å². The number of esters is 1. The molecule has 0 spiro atoms. The zero-order chi connectivity index (χ0) is 18.7. The lowest BCUT2D eigenvalue weighted by Gasteiger charge is -2.10. The van der Waals surface area contributed by atoms with Crippen LogP contribution in [0.2, 0.25) is 0 Å². The predicted octanol–water partition coefficient (Wildman–Crippen LogP) is 3.59. The molecule has 26 heavy (non-hydrogen) atoms. The van der Waals surface area contributed by atoms with Gasteiger partial charge in [0, 0.05) is 18.2 Å². The second-order valence-electron chi connectivity index (χ2n) is 5.42. The summed E-state index contributed by atoms with van der Waals surface area (Å²) in [5.41, 5.74) is 1.37. The van der Waals surface area contributed by atoms with Crippen molar-refractivity contribution in [3.8, 4) is 11.5 Å². The molecule has 0 radical (unpaired) electrons. The number of benzene rings is 2. The lowest BCUT2D eigenvalue weighted by atomic mass is 10.1. The molecule has 0 aromatic heterocycles. The zero-order valence-electron chi connectivity index (χ0n) is 14.1. The fourth-order valence-corrected chi connectivity index (χ4v) is 2.53. The van der Waals surface area contributed by atoms with Crippen LogP contribution in [-0.4, -0.2) is 25.1 Å². The van der Waals surface area contributed by atoms with E-state index < -0.39 is 10.9 Å². The number of ether oxygens (including phenoxy) is 3. The summed E-state index contributed by atoms with van der Waals surface area (Å²) >= 11 is 0. The number of nitrogens with zero attached hydrogens (tertiary/aromatic N) is 1. The van der Waals surface area contributed by atoms with Gasteiger partial charge in [-0.05, 0) is 29.8 Å². The van der Waals surface area contributed by atoms with Gasteiger partial charge in [-0.2, -0.15) is 0 Å². The molecular weight excluding hydrogens is 338 g/mol. The van der Waals surface area contributed by atoms with Crippen molar-refractivity contribution in [1.29, 1.82) is 0 Å². The predicted molar refractivity (Wildman–Crippen MR) is 94.7 cm³/mol. The van der Waals surface area contributed by atoms with Crippen LogP contribution in [0.4, 0.5) is 5.69 Å². The van der Waals surface area contributed by atoms with Gasteiger partial charge in [0.05, 0.1) is 30.3 Å². The molecule has 0 N–H and O–H groups in total. The average molecular weight is 353 g/mol. The van der Waals surface area contributed by atoms with Crippen molar-refractivity contribution in [1.82, 2.24) is 0 Å². The number of hydrogen-bond donors (Lipinski definition) is 0. The second kappa shape index (κ2) is 7.10. The fraction of sp³-hybridized carbons (Fsp3) is 0.105. The number of carbonyl (C=O) groups is 1. The highest BCUT2D eigenvalue weighted by molar-refractivity contribution is 6.05. The SMILES string of the molecule is COc1ccc(C2=C/C(=C/c3cccc([N+](=O)[O-])c3)C(=O)O2)c(OC)c1. The molecule has 1 aliphatic rings. The van der Waals surface area contributed by atoms with Gasteiger partial charge < -0.3 is 14.2 Å². The highest BCUT2D eigenvalue weighted by Gasteiger charge is 2.24. The van der Waals surface area contributed by atoms with E-state index in [-0.39, 0.29) is 5.69 Å². The third-order valence-electron chi connectivity index (χ3n) is 3.80. The molecule has 1 heterocycles. The number of rotatable bonds is 5. The molecule has 1 aliphatic heterocycles. The average Bonchev–Trinajstić information content (AvgIpc) is 3.01. The lowest BCUT2D eigenvalue weighted by molar-refractivity contribution is -0.384. The molecule has 0 unspecified atom stereocenters. The molecule has 0 aliphatic carbocycles. The second-order valence-corrected chi connectivity index (χ2v) is 5.42. The number of nitro benzene ring substituents is 1. The minimum Gasteiger partial charge on any atom is -0.497 e. The highest BCUT2D eigenvalue weighted by atomic mass is 16.6. The summed E-state index contributed by atoms with van der Waals surface area (Å²) < 4.78 is 15.8. The molecule has 0 saturated heterocycles. The Morgan fingerprint density at radius 1 is 1.12 bits per heavy atom. The van der Waals surface area contributed by atoms with E-state index in [9.17, 15) is 14.9 Å². The first-order valence-corrected chi connectivity index (χ1v) is 7.64. The van der Waals surface area contributed by atoms with Crippen molar-refractivity contribution < 1.29 is 23.9 Å². The van der Waals surface area contributed by atoms with Crippen molar-refractivity contribution in [3.63, 3.8) is 0 Å². The van der Waals surface area contributed by atoms with Gasteiger partial charge in [0.25, 0.3) is 5.69 Å². The third kappa shape index (κ3) is 3.41. The van der Waals surface area contributed by atoms with Crippen LogP contribution in [0.1, 0.15) is 11.1 Å². The maximum atomic E-state index is 12.2. The van der Waals surface area contributed by atoms with Gasteiger partial charge in [-0.1, -0.05) is 12.1 Å². The summed E-state index contributed by atoms with van der Waals surface area (Å²) in [6, 6.07) is 11.2. The first kappa shape index (κ1) is 17.2. The van der Waals surface area contributed by atoms with Crippen LogP contribution in [0.15, 0.2) is 54.1 Å². The molecule has 0 saturated carbocycles. The fourth-order valence-electron chi connectivity index (χ4n) is 2.53. The van der Waals surface area contributed by atoms with Crippen molar-refractivity contribution in [2.75, 3.05) is 14.2 Å². The van der Waals surface area contributed by atoms with E-state index in [2.05, 4.69) is 0 Å². The van der Waals surface area contributed by atoms with Gasteiger partial charge in [-0.3, -0.25) is 10.1 Å². The number of carbonyl (C=O) groups excluding carboxylic acids is 1. The quantitative estimate of drug-likeness (QED) is 0.353. The molecule has 3 rings (SSSR count). The standard InChI is InChI=1S/C19H15NO6/c1-24-15-6-7-16(17(11-15)25-2)18-10-13(19(21)26-18)8-12-4-3-5-14(9-12)20(22)23/h3-11H,1-2H3/b13-8-. The normalized spacial score (nSPS) is 14.8. The molecule has 0 bridgehead atoms. The molecule has 132 valence electrons. The molecule has 0 amide bonds. The summed E-state index contributed by atoms with van der Waals surface area (Å²) in [5, 5.41) is 10.9. The Balaban J connectivity index is 1.97. The van der Waals surface area contributed by atoms with Crippen LogP contribution in [0.5, 0.6) is 11.5 Å². The molecule has 2 aromatic rings. The van der Waals surface area contributed by atoms with E-state index >= 15 is 0 Å². The Labute approximate surface area is 149 Å². The Kier molecular flexibility index (Phi) is 4.70. The van der Waals surface area contributed by atoms with Crippen LogP contribution < -0.4 is 9.47 Å². The van der Waals surface area contributed by atoms with Crippen LogP contribution in [-0.2, 0) is 9.53 Å². The number of non-ortho nitro benzene ring substituents is 1. The molecular formula is C19H15NO6. The Morgan fingerprint density at radius 3 is 2.62 bits per heavy atom. The Morgan fingerprint density at radius 2 is 1.92 bits per heavy atom. The van der Waals surface area contributed by atoms with Crippen LogP contribution in [0, 0.1) is 10.1 Å². The highest BCUT2D eigenvalue weighted by Crippen LogP contribution is 2.35. The summed E-state index contributed by atoms with van der Waals surface area (Å²) in [7, 11) is 3.05. The van der Waals surface area contributed by atoms with E-state index in [1.807, 2.05) is 0 Å². The Bertz CT molecular complexity index is 945. The van der Waals surface area contributed by atoms with Gasteiger partial charge in [0.15, 0.2) is 0 Å². The van der Waals surface area contributed by atoms with Crippen LogP contribution in [0.3, 0.4) is 0 Å². The monoisotopic (exact) mass is 353 g/mol. The van der Waals surface area contributed by atoms with E-state index in [0.29, 0.717) is 34.0 Å². The minimum absolute atomic E-state index is 0.0493. The molecule has 7 heteroatoms. The Hall–Kier alpha value is -3.61. The van der Waals surface area contributed by atoms with Crippen molar-refractivity contribution >= 4 is 23.5 Å². The summed E-state index contributed by atoms with van der Waals surface area (Å²) in [6.45, 7) is 0. The number of cyclic esters (lactones) is 1. The zero-order valence-corrected chi connectivity index (χ0v) is 14.1. The van der Waals surface area contributed by atoms with E-state index in [4.69, 9.17) is 14.2 Å². The van der Waals surface area contributed by atoms with E-state index in [0.717, 1.165) is 0 Å². The summed E-state index contributed by atoms with van der Waals surface area (Å²) in [5.74, 6) is 0.915. The van der Waals surface area contributed by atoms with Crippen molar-refractivity contribution in [2.45, 2.75) is 0 Å². The maximum Gasteiger partial charge on any atom is 0.343 e. The van der Waals surface area contributed by atoms with Crippen LogP contribution >= 0.6 is 0 Å². The van der Waals surface area contributed by atoms with Crippen molar-refractivity contribution in [3.05, 3.63) is 75.4 Å². The lowest BCUT2D eigenvalue weighted by Crippen LogP contribution is -1.98. The third-order valence-corrected chi connectivity index (χ3v) is 3.80. The van der Waals surface area contributed by atoms with Gasteiger partial charge >= 0.3 is 5.97 Å². The number of hydrogen-bond acceptors (Lipinski definition) is 6. The summed E-state index contributed by atoms with van der Waals surface area (Å²) in [6.07, 6.45) is 3.11.